The first-order valence-electron chi connectivity index (χ1n) is 10.9. The van der Waals surface area contributed by atoms with Crippen LogP contribution in [-0.2, 0) is 17.4 Å². The molecule has 7 heteroatoms. The minimum atomic E-state index is -4.02. The van der Waals surface area contributed by atoms with Gasteiger partial charge in [-0.25, -0.2) is 0 Å². The molecule has 0 saturated heterocycles. The number of hydrogen-bond donors (Lipinski definition) is 0. The van der Waals surface area contributed by atoms with Gasteiger partial charge in [0.15, 0.2) is 0 Å². The van der Waals surface area contributed by atoms with Crippen molar-refractivity contribution < 1.29 is 28.4 Å². The first kappa shape index (κ1) is 25.7. The molecule has 0 saturated carbocycles. The van der Waals surface area contributed by atoms with Gasteiger partial charge >= 0.3 is 0 Å². The summed E-state index contributed by atoms with van der Waals surface area (Å²) in [5, 5.41) is 0. The van der Waals surface area contributed by atoms with E-state index in [1.807, 2.05) is 39.0 Å². The maximum atomic E-state index is 14.4. The Labute approximate surface area is 190 Å². The van der Waals surface area contributed by atoms with Gasteiger partial charge in [-0.2, -0.15) is 0 Å². The molecule has 2 aromatic carbocycles. The predicted molar refractivity (Wildman–Crippen MR) is 127 cm³/mol. The van der Waals surface area contributed by atoms with Gasteiger partial charge in [-0.3, -0.25) is 9.59 Å². The fourth-order valence-corrected chi connectivity index (χ4v) is 6.35. The summed E-state index contributed by atoms with van der Waals surface area (Å²) < 4.78 is 30.4. The van der Waals surface area contributed by atoms with E-state index in [-0.39, 0.29) is 23.2 Å². The summed E-state index contributed by atoms with van der Waals surface area (Å²) in [6, 6.07) is 8.66. The smallest absolute Gasteiger partial charge is 0.236 e. The van der Waals surface area contributed by atoms with Crippen LogP contribution in [0.4, 0.5) is 0 Å². The van der Waals surface area contributed by atoms with Gasteiger partial charge in [-0.05, 0) is 30.4 Å². The Kier molecular flexibility index (Phi) is 9.09. The highest BCUT2D eigenvalue weighted by Crippen LogP contribution is 2.56. The average molecular weight is 461 g/mol. The third kappa shape index (κ3) is 4.91. The third-order valence-corrected chi connectivity index (χ3v) is 8.33. The van der Waals surface area contributed by atoms with Crippen molar-refractivity contribution in [1.82, 2.24) is 0 Å². The van der Waals surface area contributed by atoms with Crippen molar-refractivity contribution in [3.8, 4) is 17.2 Å². The first-order valence-corrected chi connectivity index (χ1v) is 12.8. The summed E-state index contributed by atoms with van der Waals surface area (Å²) in [7, 11) is 0.277. The number of methoxy groups -OCH3 is 3. The molecule has 0 heterocycles. The monoisotopic (exact) mass is 460 g/mol. The van der Waals surface area contributed by atoms with E-state index in [4.69, 9.17) is 14.2 Å². The molecule has 0 aliphatic heterocycles. The molecule has 1 unspecified atom stereocenters. The van der Waals surface area contributed by atoms with E-state index >= 15 is 0 Å². The molecule has 0 aliphatic rings. The van der Waals surface area contributed by atoms with Crippen LogP contribution in [0.2, 0.25) is 0 Å². The van der Waals surface area contributed by atoms with Gasteiger partial charge in [0.2, 0.25) is 18.2 Å². The van der Waals surface area contributed by atoms with Gasteiger partial charge in [0.05, 0.1) is 21.3 Å². The highest BCUT2D eigenvalue weighted by Gasteiger charge is 2.44. The van der Waals surface area contributed by atoms with Gasteiger partial charge in [-0.1, -0.05) is 45.4 Å². The van der Waals surface area contributed by atoms with Crippen LogP contribution in [0.15, 0.2) is 30.3 Å². The maximum Gasteiger partial charge on any atom is 0.236 e. The minimum absolute atomic E-state index is 0.000702. The number of unbranched alkanes of at least 4 members (excludes halogenated alkanes) is 1. The highest BCUT2D eigenvalue weighted by molar-refractivity contribution is 7.95. The van der Waals surface area contributed by atoms with Crippen LogP contribution < -0.4 is 14.2 Å². The second-order valence-corrected chi connectivity index (χ2v) is 10.2. The lowest BCUT2D eigenvalue weighted by molar-refractivity contribution is 0.103. The number of carbonyl (C=O) groups is 2. The summed E-state index contributed by atoms with van der Waals surface area (Å²) in [5.74, 6) is 0.750. The fraction of sp³-hybridized carbons (Fsp3) is 0.440. The number of benzene rings is 2. The molecular weight excluding hydrogens is 427 g/mol. The second-order valence-electron chi connectivity index (χ2n) is 7.49. The SMILES string of the molecule is CCCCP(=O)(C(=O)c1c(CC)cccc1CC)C(=O)c1c(OC)cc(OC)cc1OC. The van der Waals surface area contributed by atoms with Gasteiger partial charge in [0.1, 0.15) is 22.8 Å². The molecule has 0 N–H and O–H groups in total. The molecule has 0 fully saturated rings. The molecular formula is C25H33O6P. The number of carbonyl (C=O) groups excluding carboxylic acids is 2. The Morgan fingerprint density at radius 3 is 1.72 bits per heavy atom. The lowest BCUT2D eigenvalue weighted by Crippen LogP contribution is -2.18. The van der Waals surface area contributed by atoms with Gasteiger partial charge < -0.3 is 18.8 Å². The van der Waals surface area contributed by atoms with Crippen LogP contribution in [0.25, 0.3) is 0 Å². The summed E-state index contributed by atoms with van der Waals surface area (Å²) in [5.41, 5.74) is 0.706. The van der Waals surface area contributed by atoms with Crippen molar-refractivity contribution >= 4 is 18.2 Å². The quantitative estimate of drug-likeness (QED) is 0.363. The topological polar surface area (TPSA) is 78.9 Å². The molecule has 2 aromatic rings. The van der Waals surface area contributed by atoms with Crippen LogP contribution in [-0.4, -0.2) is 38.5 Å². The number of aryl methyl sites for hydroxylation is 2. The zero-order valence-corrected chi connectivity index (χ0v) is 20.7. The van der Waals surface area contributed by atoms with Crippen molar-refractivity contribution in [2.24, 2.45) is 0 Å². The molecule has 0 bridgehead atoms. The Bertz CT molecular complexity index is 980. The van der Waals surface area contributed by atoms with Gasteiger partial charge in [0.25, 0.3) is 0 Å². The number of ether oxygens (including phenoxy) is 3. The standard InChI is InChI=1S/C25H33O6P/c1-7-10-14-32(28,24(26)22-17(8-2)12-11-13-18(22)9-3)25(27)23-20(30-5)15-19(29-4)16-21(23)31-6/h11-13,15-16H,7-10,14H2,1-6H3. The van der Waals surface area contributed by atoms with Crippen LogP contribution >= 0.6 is 7.14 Å². The molecule has 2 rings (SSSR count). The van der Waals surface area contributed by atoms with Gasteiger partial charge in [0, 0.05) is 23.9 Å². The molecule has 0 radical (unpaired) electrons. The average Bonchev–Trinajstić information content (AvgIpc) is 2.84. The van der Waals surface area contributed by atoms with Crippen LogP contribution in [0.3, 0.4) is 0 Å². The van der Waals surface area contributed by atoms with Crippen molar-refractivity contribution in [1.29, 1.82) is 0 Å². The van der Waals surface area contributed by atoms with E-state index in [0.717, 1.165) is 11.1 Å². The molecule has 0 amide bonds. The second kappa shape index (κ2) is 11.3. The van der Waals surface area contributed by atoms with Crippen molar-refractivity contribution in [3.63, 3.8) is 0 Å². The van der Waals surface area contributed by atoms with Crippen LogP contribution in [0, 0.1) is 0 Å². The number of rotatable bonds is 12. The van der Waals surface area contributed by atoms with Crippen molar-refractivity contribution in [2.45, 2.75) is 46.5 Å². The van der Waals surface area contributed by atoms with E-state index in [1.54, 1.807) is 0 Å². The highest BCUT2D eigenvalue weighted by atomic mass is 31.2. The summed E-state index contributed by atoms with van der Waals surface area (Å²) in [4.78, 5) is 27.7. The van der Waals surface area contributed by atoms with Crippen molar-refractivity contribution in [2.75, 3.05) is 27.5 Å². The predicted octanol–water partition coefficient (Wildman–Crippen LogP) is 5.98. The molecule has 32 heavy (non-hydrogen) atoms. The molecule has 0 aliphatic carbocycles. The largest absolute Gasteiger partial charge is 0.496 e. The van der Waals surface area contributed by atoms with E-state index in [2.05, 4.69) is 0 Å². The lowest BCUT2D eigenvalue weighted by Gasteiger charge is -2.22. The number of hydrogen-bond acceptors (Lipinski definition) is 6. The first-order chi connectivity index (χ1) is 15.3. The molecule has 174 valence electrons. The lowest BCUT2D eigenvalue weighted by atomic mass is 9.98. The molecule has 0 aromatic heterocycles. The zero-order chi connectivity index (χ0) is 23.9. The fourth-order valence-electron chi connectivity index (χ4n) is 3.77. The van der Waals surface area contributed by atoms with E-state index in [9.17, 15) is 14.2 Å². The summed E-state index contributed by atoms with van der Waals surface area (Å²) >= 11 is 0. The van der Waals surface area contributed by atoms with Gasteiger partial charge in [-0.15, -0.1) is 0 Å². The van der Waals surface area contributed by atoms with Crippen LogP contribution in [0.5, 0.6) is 17.2 Å². The Hall–Kier alpha value is -2.59. The Morgan fingerprint density at radius 2 is 1.31 bits per heavy atom. The van der Waals surface area contributed by atoms with Crippen LogP contribution in [0.1, 0.15) is 65.5 Å². The molecule has 1 atom stereocenters. The van der Waals surface area contributed by atoms with Crippen molar-refractivity contribution in [3.05, 3.63) is 52.6 Å². The molecule has 6 nitrogen and oxygen atoms in total. The van der Waals surface area contributed by atoms with E-state index in [0.29, 0.717) is 37.0 Å². The summed E-state index contributed by atoms with van der Waals surface area (Å²) in [6.07, 6.45) is 2.40. The third-order valence-electron chi connectivity index (χ3n) is 5.62. The normalized spacial score (nSPS) is 12.7. The van der Waals surface area contributed by atoms with E-state index < -0.39 is 18.2 Å². The zero-order valence-electron chi connectivity index (χ0n) is 19.8. The Morgan fingerprint density at radius 1 is 0.812 bits per heavy atom. The van der Waals surface area contributed by atoms with E-state index in [1.165, 1.54) is 33.5 Å². The Balaban J connectivity index is 2.76. The minimum Gasteiger partial charge on any atom is -0.496 e. The summed E-state index contributed by atoms with van der Waals surface area (Å²) in [6.45, 7) is 5.82. The maximum absolute atomic E-state index is 14.4. The molecule has 0 spiro atoms.